The number of carboxylic acids is 1. The minimum absolute atomic E-state index is 0.00787. The van der Waals surface area contributed by atoms with Crippen LogP contribution in [-0.4, -0.2) is 28.3 Å². The van der Waals surface area contributed by atoms with Crippen molar-refractivity contribution in [1.82, 2.24) is 15.2 Å². The van der Waals surface area contributed by atoms with Gasteiger partial charge in [0.2, 0.25) is 5.16 Å². The lowest BCUT2D eigenvalue weighted by atomic mass is 10.2. The van der Waals surface area contributed by atoms with Crippen LogP contribution in [0, 0.1) is 6.92 Å². The summed E-state index contributed by atoms with van der Waals surface area (Å²) in [4.78, 5) is 15.3. The Balaban J connectivity index is 2.32. The van der Waals surface area contributed by atoms with Gasteiger partial charge in [-0.1, -0.05) is 18.2 Å². The lowest BCUT2D eigenvalue weighted by molar-refractivity contribution is -0.297. The van der Waals surface area contributed by atoms with Crippen LogP contribution in [0.3, 0.4) is 0 Å². The summed E-state index contributed by atoms with van der Waals surface area (Å²) in [6.45, 7) is 1.74. The Morgan fingerprint density at radius 3 is 2.80 bits per heavy atom. The minimum Gasteiger partial charge on any atom is -0.544 e. The van der Waals surface area contributed by atoms with Crippen molar-refractivity contribution >= 4 is 23.8 Å². The highest BCUT2D eigenvalue weighted by atomic mass is 32.2. The fourth-order valence-electron chi connectivity index (χ4n) is 1.52. The standard InChI is InChI=1S/C13H13N3O3S/c1-8-14-13(16-15-8)20-11(12(17)18)7-9-5-3-4-6-10(9)19-2/h3-7H,1-2H3,(H,17,18)(H,14,15,16)/p-1/b11-7-. The number of carbonyl (C=O) groups is 1. The molecule has 1 aromatic carbocycles. The highest BCUT2D eigenvalue weighted by Crippen LogP contribution is 2.28. The Labute approximate surface area is 119 Å². The quantitative estimate of drug-likeness (QED) is 0.652. The van der Waals surface area contributed by atoms with E-state index in [-0.39, 0.29) is 4.91 Å². The number of nitrogens with one attached hydrogen (secondary N) is 1. The summed E-state index contributed by atoms with van der Waals surface area (Å²) in [5.41, 5.74) is 0.647. The third-order valence-electron chi connectivity index (χ3n) is 2.40. The summed E-state index contributed by atoms with van der Waals surface area (Å²) in [5, 5.41) is 18.1. The number of carboxylic acid groups (broad SMARTS) is 1. The van der Waals surface area contributed by atoms with Crippen molar-refractivity contribution in [3.63, 3.8) is 0 Å². The summed E-state index contributed by atoms with van der Waals surface area (Å²) in [6, 6.07) is 7.11. The number of thioether (sulfide) groups is 1. The van der Waals surface area contributed by atoms with Gasteiger partial charge < -0.3 is 14.6 Å². The van der Waals surface area contributed by atoms with Gasteiger partial charge in [-0.2, -0.15) is 0 Å². The normalized spacial score (nSPS) is 11.4. The van der Waals surface area contributed by atoms with E-state index in [2.05, 4.69) is 15.2 Å². The number of aromatic amines is 1. The fourth-order valence-corrected chi connectivity index (χ4v) is 2.26. The molecule has 2 aromatic rings. The predicted molar refractivity (Wildman–Crippen MR) is 73.0 cm³/mol. The van der Waals surface area contributed by atoms with Crippen LogP contribution in [0.2, 0.25) is 0 Å². The summed E-state index contributed by atoms with van der Waals surface area (Å²) in [7, 11) is 1.52. The summed E-state index contributed by atoms with van der Waals surface area (Å²) < 4.78 is 5.18. The molecule has 1 aromatic heterocycles. The van der Waals surface area contributed by atoms with Crippen molar-refractivity contribution < 1.29 is 14.6 Å². The van der Waals surface area contributed by atoms with E-state index in [0.717, 1.165) is 11.8 Å². The Kier molecular flexibility index (Phi) is 4.41. The number of benzene rings is 1. The zero-order valence-electron chi connectivity index (χ0n) is 10.9. The maximum atomic E-state index is 11.2. The first-order chi connectivity index (χ1) is 9.60. The van der Waals surface area contributed by atoms with Crippen molar-refractivity contribution in [2.24, 2.45) is 0 Å². The number of aryl methyl sites for hydroxylation is 1. The molecule has 0 saturated heterocycles. The smallest absolute Gasteiger partial charge is 0.213 e. The van der Waals surface area contributed by atoms with Crippen molar-refractivity contribution in [2.75, 3.05) is 7.11 Å². The summed E-state index contributed by atoms with van der Waals surface area (Å²) >= 11 is 0.922. The molecular formula is C13H12N3O3S-. The number of hydrogen-bond donors (Lipinski definition) is 1. The summed E-state index contributed by atoms with van der Waals surface area (Å²) in [6.07, 6.45) is 1.48. The van der Waals surface area contributed by atoms with E-state index in [1.807, 2.05) is 0 Å². The average Bonchev–Trinajstić information content (AvgIpc) is 2.84. The van der Waals surface area contributed by atoms with Gasteiger partial charge in [0, 0.05) is 10.5 Å². The predicted octanol–water partition coefficient (Wildman–Crippen LogP) is 1.00. The van der Waals surface area contributed by atoms with E-state index in [1.54, 1.807) is 31.2 Å². The number of para-hydroxylation sites is 1. The number of hydrogen-bond acceptors (Lipinski definition) is 6. The van der Waals surface area contributed by atoms with Gasteiger partial charge in [0.1, 0.15) is 11.6 Å². The van der Waals surface area contributed by atoms with E-state index in [4.69, 9.17) is 4.74 Å². The molecule has 0 aliphatic carbocycles. The van der Waals surface area contributed by atoms with Gasteiger partial charge >= 0.3 is 0 Å². The lowest BCUT2D eigenvalue weighted by Gasteiger charge is -2.08. The Bertz CT molecular complexity index is 652. The number of aromatic nitrogens is 3. The molecule has 0 bridgehead atoms. The van der Waals surface area contributed by atoms with Gasteiger partial charge in [0.15, 0.2) is 0 Å². The maximum absolute atomic E-state index is 11.2. The van der Waals surface area contributed by atoms with Crippen molar-refractivity contribution in [1.29, 1.82) is 0 Å². The molecule has 0 radical (unpaired) electrons. The molecule has 0 spiro atoms. The number of rotatable bonds is 5. The van der Waals surface area contributed by atoms with Crippen molar-refractivity contribution in [3.8, 4) is 5.75 Å². The van der Waals surface area contributed by atoms with Crippen molar-refractivity contribution in [2.45, 2.75) is 12.1 Å². The van der Waals surface area contributed by atoms with Crippen LogP contribution in [0.1, 0.15) is 11.4 Å². The second kappa shape index (κ2) is 6.25. The Morgan fingerprint density at radius 1 is 1.45 bits per heavy atom. The van der Waals surface area contributed by atoms with E-state index in [9.17, 15) is 9.90 Å². The molecule has 1 N–H and O–H groups in total. The van der Waals surface area contributed by atoms with Crippen LogP contribution in [0.5, 0.6) is 5.75 Å². The Morgan fingerprint density at radius 2 is 2.20 bits per heavy atom. The van der Waals surface area contributed by atoms with Crippen LogP contribution in [0.4, 0.5) is 0 Å². The third kappa shape index (κ3) is 3.39. The summed E-state index contributed by atoms with van der Waals surface area (Å²) in [5.74, 6) is -0.0936. The fraction of sp³-hybridized carbons (Fsp3) is 0.154. The van der Waals surface area contributed by atoms with Crippen molar-refractivity contribution in [3.05, 3.63) is 40.6 Å². The first kappa shape index (κ1) is 14.1. The van der Waals surface area contributed by atoms with E-state index >= 15 is 0 Å². The third-order valence-corrected chi connectivity index (χ3v) is 3.27. The molecule has 0 atom stereocenters. The van der Waals surface area contributed by atoms with E-state index < -0.39 is 5.97 Å². The molecule has 1 heterocycles. The van der Waals surface area contributed by atoms with E-state index in [0.29, 0.717) is 22.3 Å². The molecule has 0 unspecified atom stereocenters. The zero-order chi connectivity index (χ0) is 14.5. The number of H-pyrrole nitrogens is 1. The highest BCUT2D eigenvalue weighted by molar-refractivity contribution is 8.04. The first-order valence-corrected chi connectivity index (χ1v) is 6.54. The maximum Gasteiger partial charge on any atom is 0.213 e. The van der Waals surface area contributed by atoms with Gasteiger partial charge in [-0.05, 0) is 30.8 Å². The molecule has 7 heteroatoms. The van der Waals surface area contributed by atoms with Gasteiger partial charge in [0.25, 0.3) is 0 Å². The number of aliphatic carboxylic acids is 1. The molecule has 0 aliphatic rings. The van der Waals surface area contributed by atoms with Crippen LogP contribution in [0.25, 0.3) is 6.08 Å². The monoisotopic (exact) mass is 290 g/mol. The number of nitrogens with zero attached hydrogens (tertiary/aromatic N) is 2. The molecular weight excluding hydrogens is 278 g/mol. The molecule has 0 saturated carbocycles. The molecule has 104 valence electrons. The highest BCUT2D eigenvalue weighted by Gasteiger charge is 2.08. The second-order valence-corrected chi connectivity index (χ2v) is 4.85. The second-order valence-electron chi connectivity index (χ2n) is 3.84. The van der Waals surface area contributed by atoms with Gasteiger partial charge in [-0.25, -0.2) is 4.98 Å². The minimum atomic E-state index is -1.29. The topological polar surface area (TPSA) is 90.9 Å². The number of carbonyl (C=O) groups excluding carboxylic acids is 1. The largest absolute Gasteiger partial charge is 0.544 e. The van der Waals surface area contributed by atoms with Crippen LogP contribution in [0.15, 0.2) is 34.3 Å². The van der Waals surface area contributed by atoms with Crippen LogP contribution < -0.4 is 9.84 Å². The zero-order valence-corrected chi connectivity index (χ0v) is 11.7. The lowest BCUT2D eigenvalue weighted by Crippen LogP contribution is -2.23. The number of methoxy groups -OCH3 is 1. The molecule has 2 rings (SSSR count). The molecule has 0 aliphatic heterocycles. The Hall–Kier alpha value is -2.28. The van der Waals surface area contributed by atoms with Gasteiger partial charge in [-0.15, -0.1) is 5.10 Å². The number of ether oxygens (including phenoxy) is 1. The van der Waals surface area contributed by atoms with Crippen LogP contribution in [-0.2, 0) is 4.79 Å². The van der Waals surface area contributed by atoms with Gasteiger partial charge in [0.05, 0.1) is 13.1 Å². The van der Waals surface area contributed by atoms with Crippen LogP contribution >= 0.6 is 11.8 Å². The average molecular weight is 290 g/mol. The van der Waals surface area contributed by atoms with E-state index in [1.165, 1.54) is 13.2 Å². The molecule has 20 heavy (non-hydrogen) atoms. The van der Waals surface area contributed by atoms with Gasteiger partial charge in [-0.3, -0.25) is 5.10 Å². The molecule has 0 fully saturated rings. The molecule has 6 nitrogen and oxygen atoms in total. The SMILES string of the molecule is COc1ccccc1/C=C(\Sc1n[nH]c(C)n1)C(=O)[O-]. The molecule has 0 amide bonds. The first-order valence-electron chi connectivity index (χ1n) is 5.73.